The van der Waals surface area contributed by atoms with Crippen LogP contribution in [0.4, 0.5) is 0 Å². The monoisotopic (exact) mass is 369 g/mol. The van der Waals surface area contributed by atoms with Crippen molar-refractivity contribution < 1.29 is 24.9 Å². The number of nitrogens with one attached hydrogen (secondary N) is 2. The van der Waals surface area contributed by atoms with Gasteiger partial charge in [0.05, 0.1) is 16.4 Å². The van der Waals surface area contributed by atoms with Gasteiger partial charge in [0.15, 0.2) is 6.23 Å². The van der Waals surface area contributed by atoms with Gasteiger partial charge in [0.25, 0.3) is 5.91 Å². The fourth-order valence-electron chi connectivity index (χ4n) is 1.65. The first-order valence-corrected chi connectivity index (χ1v) is 6.24. The highest BCUT2D eigenvalue weighted by Crippen LogP contribution is 2.20. The summed E-state index contributed by atoms with van der Waals surface area (Å²) in [6, 6.07) is 0. The Morgan fingerprint density at radius 2 is 2.28 bits per heavy atom. The molecule has 1 aromatic rings. The van der Waals surface area contributed by atoms with Crippen LogP contribution in [0, 0.1) is 3.57 Å². The van der Waals surface area contributed by atoms with Crippen LogP contribution >= 0.6 is 22.6 Å². The lowest BCUT2D eigenvalue weighted by molar-refractivity contribution is -0.0305. The van der Waals surface area contributed by atoms with Crippen LogP contribution in [-0.4, -0.2) is 62.6 Å². The number of amides is 1. The minimum absolute atomic E-state index is 0.244. The molecule has 1 fully saturated rings. The number of carbonyl (C=O) groups excluding carboxylic acids is 1. The lowest BCUT2D eigenvalue weighted by atomic mass is 10.1. The Balaban J connectivity index is 2.03. The maximum Gasteiger partial charge on any atom is 0.272 e. The summed E-state index contributed by atoms with van der Waals surface area (Å²) in [5, 5.41) is 36.7. The molecule has 1 aromatic heterocycles. The van der Waals surface area contributed by atoms with E-state index in [9.17, 15) is 15.0 Å². The van der Waals surface area contributed by atoms with Crippen molar-refractivity contribution in [2.75, 3.05) is 6.61 Å². The molecule has 0 bridgehead atoms. The molecule has 8 nitrogen and oxygen atoms in total. The molecule has 2 rings (SSSR count). The number of halogens is 1. The third kappa shape index (κ3) is 2.49. The van der Waals surface area contributed by atoms with Crippen LogP contribution in [0.1, 0.15) is 10.5 Å². The molecule has 1 aliphatic heterocycles. The second-order valence-electron chi connectivity index (χ2n) is 3.83. The number of aromatic amines is 1. The van der Waals surface area contributed by atoms with Gasteiger partial charge in [0.2, 0.25) is 0 Å². The van der Waals surface area contributed by atoms with Gasteiger partial charge in [-0.2, -0.15) is 5.10 Å². The summed E-state index contributed by atoms with van der Waals surface area (Å²) in [4.78, 5) is 11.8. The highest BCUT2D eigenvalue weighted by Gasteiger charge is 2.43. The molecule has 0 saturated carbocycles. The predicted molar refractivity (Wildman–Crippen MR) is 66.5 cm³/mol. The minimum atomic E-state index is -1.29. The number of ether oxygens (including phenoxy) is 1. The van der Waals surface area contributed by atoms with Gasteiger partial charge in [0, 0.05) is 0 Å². The van der Waals surface area contributed by atoms with E-state index in [0.717, 1.165) is 0 Å². The first-order chi connectivity index (χ1) is 8.54. The largest absolute Gasteiger partial charge is 0.394 e. The van der Waals surface area contributed by atoms with Gasteiger partial charge in [-0.15, -0.1) is 0 Å². The van der Waals surface area contributed by atoms with Crippen LogP contribution in [0.3, 0.4) is 0 Å². The molecule has 18 heavy (non-hydrogen) atoms. The zero-order valence-corrected chi connectivity index (χ0v) is 11.2. The summed E-state index contributed by atoms with van der Waals surface area (Å²) in [5.41, 5.74) is 0.244. The third-order valence-electron chi connectivity index (χ3n) is 2.64. The standard InChI is InChI=1S/C9H12IN3O5/c10-3-1-11-13-5(3)8(17)12-9-7(16)6(15)4(2-14)18-9/h1,4,6-7,9,14-16H,2H2,(H,11,13)(H,12,17)/t4-,6-,7-,9-/m1/s1. The fourth-order valence-corrected chi connectivity index (χ4v) is 2.16. The number of H-pyrrole nitrogens is 1. The van der Waals surface area contributed by atoms with Gasteiger partial charge in [-0.25, -0.2) is 0 Å². The maximum atomic E-state index is 11.8. The van der Waals surface area contributed by atoms with Crippen molar-refractivity contribution in [3.8, 4) is 0 Å². The van der Waals surface area contributed by atoms with Crippen molar-refractivity contribution in [2.24, 2.45) is 0 Å². The Morgan fingerprint density at radius 1 is 1.56 bits per heavy atom. The summed E-state index contributed by atoms with van der Waals surface area (Å²) in [7, 11) is 0. The Morgan fingerprint density at radius 3 is 2.78 bits per heavy atom. The zero-order chi connectivity index (χ0) is 13.3. The number of nitrogens with zero attached hydrogens (tertiary/aromatic N) is 1. The smallest absolute Gasteiger partial charge is 0.272 e. The zero-order valence-electron chi connectivity index (χ0n) is 9.08. The summed E-state index contributed by atoms with van der Waals surface area (Å²) in [5.74, 6) is -0.508. The van der Waals surface area contributed by atoms with Crippen LogP contribution in [0.2, 0.25) is 0 Å². The van der Waals surface area contributed by atoms with E-state index in [1.54, 1.807) is 0 Å². The molecule has 9 heteroatoms. The van der Waals surface area contributed by atoms with Gasteiger partial charge in [-0.1, -0.05) is 0 Å². The Bertz CT molecular complexity index is 440. The van der Waals surface area contributed by atoms with Crippen LogP contribution in [0.15, 0.2) is 6.20 Å². The van der Waals surface area contributed by atoms with Crippen molar-refractivity contribution in [1.82, 2.24) is 15.5 Å². The lowest BCUT2D eigenvalue weighted by Gasteiger charge is -2.15. The van der Waals surface area contributed by atoms with E-state index in [1.165, 1.54) is 6.20 Å². The van der Waals surface area contributed by atoms with Crippen molar-refractivity contribution in [1.29, 1.82) is 0 Å². The number of hydrogen-bond donors (Lipinski definition) is 5. The Labute approximate surface area is 115 Å². The van der Waals surface area contributed by atoms with Crippen molar-refractivity contribution in [3.05, 3.63) is 15.5 Å². The molecule has 1 aliphatic rings. The van der Waals surface area contributed by atoms with Crippen molar-refractivity contribution >= 4 is 28.5 Å². The number of aliphatic hydroxyl groups is 3. The molecule has 2 heterocycles. The predicted octanol–water partition coefficient (Wildman–Crippen LogP) is -1.82. The summed E-state index contributed by atoms with van der Waals surface area (Å²) in [6.45, 7) is -0.438. The molecule has 0 spiro atoms. The molecule has 4 atom stereocenters. The molecule has 0 aromatic carbocycles. The van der Waals surface area contributed by atoms with E-state index < -0.39 is 37.1 Å². The van der Waals surface area contributed by atoms with Crippen LogP contribution in [0.25, 0.3) is 0 Å². The van der Waals surface area contributed by atoms with Gasteiger partial charge in [-0.05, 0) is 22.6 Å². The highest BCUT2D eigenvalue weighted by atomic mass is 127. The Kier molecular flexibility index (Phi) is 4.17. The second kappa shape index (κ2) is 5.48. The summed E-state index contributed by atoms with van der Waals surface area (Å²) >= 11 is 1.93. The minimum Gasteiger partial charge on any atom is -0.394 e. The molecule has 5 N–H and O–H groups in total. The molecule has 1 amide bonds. The maximum absolute atomic E-state index is 11.8. The van der Waals surface area contributed by atoms with E-state index in [2.05, 4.69) is 15.5 Å². The Hall–Kier alpha value is -0.750. The number of hydrogen-bond acceptors (Lipinski definition) is 6. The first-order valence-electron chi connectivity index (χ1n) is 5.16. The van der Waals surface area contributed by atoms with E-state index in [0.29, 0.717) is 3.57 Å². The number of rotatable bonds is 3. The number of aliphatic hydroxyl groups excluding tert-OH is 3. The summed E-state index contributed by atoms with van der Waals surface area (Å²) < 4.78 is 5.75. The molecule has 0 unspecified atom stereocenters. The average molecular weight is 369 g/mol. The third-order valence-corrected chi connectivity index (χ3v) is 3.45. The van der Waals surface area contributed by atoms with Crippen LogP contribution < -0.4 is 5.32 Å². The van der Waals surface area contributed by atoms with Crippen molar-refractivity contribution in [3.63, 3.8) is 0 Å². The van der Waals surface area contributed by atoms with Gasteiger partial charge < -0.3 is 25.4 Å². The van der Waals surface area contributed by atoms with Crippen molar-refractivity contribution in [2.45, 2.75) is 24.5 Å². The van der Waals surface area contributed by atoms with E-state index in [4.69, 9.17) is 9.84 Å². The average Bonchev–Trinajstić information content (AvgIpc) is 2.88. The van der Waals surface area contributed by atoms with E-state index in [-0.39, 0.29) is 5.69 Å². The highest BCUT2D eigenvalue weighted by molar-refractivity contribution is 14.1. The molecule has 0 aliphatic carbocycles. The summed E-state index contributed by atoms with van der Waals surface area (Å²) in [6.07, 6.45) is -3.02. The second-order valence-corrected chi connectivity index (χ2v) is 4.99. The van der Waals surface area contributed by atoms with Gasteiger partial charge >= 0.3 is 0 Å². The molecular formula is C9H12IN3O5. The van der Waals surface area contributed by atoms with Gasteiger partial charge in [-0.3, -0.25) is 9.89 Å². The van der Waals surface area contributed by atoms with Crippen LogP contribution in [-0.2, 0) is 4.74 Å². The van der Waals surface area contributed by atoms with Crippen LogP contribution in [0.5, 0.6) is 0 Å². The SMILES string of the molecule is O=C(N[C@@H]1O[C@H](CO)[C@@H](O)[C@H]1O)c1[nH]ncc1I. The normalized spacial score (nSPS) is 31.6. The topological polar surface area (TPSA) is 128 Å². The number of aromatic nitrogens is 2. The molecular weight excluding hydrogens is 357 g/mol. The van der Waals surface area contributed by atoms with Gasteiger partial charge in [0.1, 0.15) is 24.0 Å². The van der Waals surface area contributed by atoms with E-state index in [1.807, 2.05) is 22.6 Å². The molecule has 0 radical (unpaired) electrons. The molecule has 1 saturated heterocycles. The lowest BCUT2D eigenvalue weighted by Crippen LogP contribution is -2.44. The molecule has 100 valence electrons. The van der Waals surface area contributed by atoms with E-state index >= 15 is 0 Å². The quantitative estimate of drug-likeness (QED) is 0.400. The number of carbonyl (C=O) groups is 1. The fraction of sp³-hybridized carbons (Fsp3) is 0.556. The first kappa shape index (κ1) is 13.7.